The van der Waals surface area contributed by atoms with Crippen molar-refractivity contribution in [1.82, 2.24) is 4.90 Å². The van der Waals surface area contributed by atoms with Gasteiger partial charge in [-0.3, -0.25) is 4.79 Å². The molecule has 2 heterocycles. The van der Waals surface area contributed by atoms with E-state index in [1.807, 2.05) is 6.92 Å². The molecular formula is C26H35NO6. The van der Waals surface area contributed by atoms with Crippen molar-refractivity contribution in [2.75, 3.05) is 26.8 Å². The molecule has 2 saturated heterocycles. The minimum Gasteiger partial charge on any atom is -0.504 e. The van der Waals surface area contributed by atoms with E-state index in [1.165, 1.54) is 0 Å². The monoisotopic (exact) mass is 457 g/mol. The molecule has 2 aliphatic heterocycles. The molecule has 0 aromatic rings. The molecule has 180 valence electrons. The van der Waals surface area contributed by atoms with E-state index in [-0.39, 0.29) is 29.3 Å². The minimum absolute atomic E-state index is 0.111. The highest BCUT2D eigenvalue weighted by atomic mass is 16.6. The summed E-state index contributed by atoms with van der Waals surface area (Å²) in [6.45, 7) is 5.88. The smallest absolute Gasteiger partial charge is 0.340 e. The molecule has 5 atom stereocenters. The quantitative estimate of drug-likeness (QED) is 0.496. The minimum atomic E-state index is -0.853. The number of hydrogen-bond acceptors (Lipinski definition) is 7. The molecule has 0 amide bonds. The molecule has 0 aromatic heterocycles. The van der Waals surface area contributed by atoms with Crippen molar-refractivity contribution in [2.24, 2.45) is 16.7 Å². The molecule has 3 aliphatic carbocycles. The first-order valence-electron chi connectivity index (χ1n) is 12.3. The van der Waals surface area contributed by atoms with Crippen LogP contribution in [0, 0.1) is 16.7 Å². The fourth-order valence-electron chi connectivity index (χ4n) is 7.12. The molecule has 0 radical (unpaired) electrons. The fraction of sp³-hybridized carbons (Fsp3) is 0.692. The first-order chi connectivity index (χ1) is 15.7. The molecule has 0 spiro atoms. The fourth-order valence-corrected chi connectivity index (χ4v) is 7.12. The zero-order valence-corrected chi connectivity index (χ0v) is 19.9. The number of methoxy groups -OCH3 is 1. The third-order valence-corrected chi connectivity index (χ3v) is 9.12. The van der Waals surface area contributed by atoms with Crippen molar-refractivity contribution in [2.45, 2.75) is 71.0 Å². The van der Waals surface area contributed by atoms with E-state index in [1.54, 1.807) is 13.3 Å². The number of hydrogen-bond donors (Lipinski definition) is 2. The number of piperidine rings is 1. The molecule has 0 aromatic carbocycles. The van der Waals surface area contributed by atoms with Crippen LogP contribution < -0.4 is 0 Å². The molecule has 7 nitrogen and oxygen atoms in total. The lowest BCUT2D eigenvalue weighted by molar-refractivity contribution is -0.156. The third kappa shape index (κ3) is 3.15. The molecule has 5 rings (SSSR count). The predicted molar refractivity (Wildman–Crippen MR) is 121 cm³/mol. The van der Waals surface area contributed by atoms with Crippen molar-refractivity contribution in [1.29, 1.82) is 0 Å². The Labute approximate surface area is 195 Å². The van der Waals surface area contributed by atoms with Gasteiger partial charge in [-0.15, -0.1) is 0 Å². The summed E-state index contributed by atoms with van der Waals surface area (Å²) in [6.07, 6.45) is 6.68. The number of likely N-dealkylation sites (tertiary alicyclic amines) is 1. The first-order valence-corrected chi connectivity index (χ1v) is 12.3. The van der Waals surface area contributed by atoms with Gasteiger partial charge in [-0.1, -0.05) is 6.92 Å². The highest BCUT2D eigenvalue weighted by molar-refractivity contribution is 6.12. The summed E-state index contributed by atoms with van der Waals surface area (Å²) >= 11 is 0. The number of allylic oxidation sites excluding steroid dienone is 1. The Balaban J connectivity index is 1.67. The second-order valence-electron chi connectivity index (χ2n) is 10.8. The number of ether oxygens (including phenoxy) is 2. The van der Waals surface area contributed by atoms with E-state index < -0.39 is 29.4 Å². The van der Waals surface area contributed by atoms with Gasteiger partial charge in [-0.05, 0) is 63.4 Å². The predicted octanol–water partition coefficient (Wildman–Crippen LogP) is 3.20. The van der Waals surface area contributed by atoms with Gasteiger partial charge in [0.15, 0.2) is 5.76 Å². The number of ketones is 1. The van der Waals surface area contributed by atoms with Gasteiger partial charge in [-0.2, -0.15) is 0 Å². The summed E-state index contributed by atoms with van der Waals surface area (Å²) in [5.74, 6) is -1.36. The summed E-state index contributed by atoms with van der Waals surface area (Å²) in [5.41, 5.74) is 1.00. The van der Waals surface area contributed by atoms with Gasteiger partial charge in [-0.25, -0.2) is 4.79 Å². The molecule has 1 saturated carbocycles. The van der Waals surface area contributed by atoms with Gasteiger partial charge in [0.25, 0.3) is 0 Å². The Kier molecular flexibility index (Phi) is 5.48. The maximum atomic E-state index is 13.7. The maximum absolute atomic E-state index is 13.7. The summed E-state index contributed by atoms with van der Waals surface area (Å²) in [5, 5.41) is 22.1. The number of aliphatic hydroxyl groups is 2. The van der Waals surface area contributed by atoms with Crippen LogP contribution in [-0.2, 0) is 19.1 Å². The van der Waals surface area contributed by atoms with Crippen LogP contribution in [0.25, 0.3) is 0 Å². The summed E-state index contributed by atoms with van der Waals surface area (Å²) in [4.78, 5) is 28.9. The van der Waals surface area contributed by atoms with Crippen molar-refractivity contribution in [3.63, 3.8) is 0 Å². The molecule has 3 fully saturated rings. The Bertz CT molecular complexity index is 973. The number of rotatable bonds is 3. The lowest BCUT2D eigenvalue weighted by Gasteiger charge is -2.52. The van der Waals surface area contributed by atoms with E-state index in [9.17, 15) is 19.8 Å². The van der Waals surface area contributed by atoms with Gasteiger partial charge in [0.2, 0.25) is 5.78 Å². The van der Waals surface area contributed by atoms with Crippen LogP contribution in [-0.4, -0.2) is 65.9 Å². The SMILES string of the molecule is COC[C@H]1OC(=O)/C(=C/N2CCCCC2)C2=C(O)C(=O)C3=C(CC[C@@]4(C)C3CC[C@@H]4O)[C@]21C. The van der Waals surface area contributed by atoms with E-state index in [4.69, 9.17) is 9.47 Å². The van der Waals surface area contributed by atoms with Gasteiger partial charge in [0, 0.05) is 43.0 Å². The number of fused-ring (bicyclic) bond motifs is 4. The zero-order chi connectivity index (χ0) is 23.5. The van der Waals surface area contributed by atoms with Crippen LogP contribution in [0.2, 0.25) is 0 Å². The summed E-state index contributed by atoms with van der Waals surface area (Å²) in [7, 11) is 1.56. The Morgan fingerprint density at radius 1 is 1.18 bits per heavy atom. The largest absolute Gasteiger partial charge is 0.504 e. The van der Waals surface area contributed by atoms with Gasteiger partial charge < -0.3 is 24.6 Å². The number of carbonyl (C=O) groups excluding carboxylic acids is 2. The molecule has 5 aliphatic rings. The summed E-state index contributed by atoms with van der Waals surface area (Å²) < 4.78 is 11.4. The highest BCUT2D eigenvalue weighted by Gasteiger charge is 2.61. The highest BCUT2D eigenvalue weighted by Crippen LogP contribution is 2.62. The number of aliphatic hydroxyl groups excluding tert-OH is 2. The number of Topliss-reactive ketones (excluding diaryl/α,β-unsaturated/α-hetero) is 1. The van der Waals surface area contributed by atoms with Crippen LogP contribution in [0.1, 0.15) is 58.8 Å². The maximum Gasteiger partial charge on any atom is 0.340 e. The van der Waals surface area contributed by atoms with Gasteiger partial charge >= 0.3 is 5.97 Å². The molecule has 0 bridgehead atoms. The lowest BCUT2D eigenvalue weighted by Crippen LogP contribution is -2.53. The second-order valence-corrected chi connectivity index (χ2v) is 10.8. The van der Waals surface area contributed by atoms with Gasteiger partial charge in [0.1, 0.15) is 6.10 Å². The van der Waals surface area contributed by atoms with Gasteiger partial charge in [0.05, 0.1) is 23.7 Å². The Hall–Kier alpha value is -2.12. The van der Waals surface area contributed by atoms with Crippen molar-refractivity contribution in [3.05, 3.63) is 34.3 Å². The van der Waals surface area contributed by atoms with Crippen LogP contribution in [0.3, 0.4) is 0 Å². The molecular weight excluding hydrogens is 422 g/mol. The third-order valence-electron chi connectivity index (χ3n) is 9.12. The van der Waals surface area contributed by atoms with Crippen molar-refractivity contribution < 1.29 is 29.3 Å². The molecule has 7 heteroatoms. The Morgan fingerprint density at radius 2 is 1.91 bits per heavy atom. The average molecular weight is 458 g/mol. The zero-order valence-electron chi connectivity index (χ0n) is 19.9. The molecule has 1 unspecified atom stereocenters. The van der Waals surface area contributed by atoms with E-state index in [0.29, 0.717) is 30.4 Å². The Morgan fingerprint density at radius 3 is 2.61 bits per heavy atom. The van der Waals surface area contributed by atoms with Crippen LogP contribution in [0.5, 0.6) is 0 Å². The van der Waals surface area contributed by atoms with Crippen molar-refractivity contribution >= 4 is 11.8 Å². The number of carbonyl (C=O) groups is 2. The normalized spacial score (nSPS) is 40.1. The van der Waals surface area contributed by atoms with Crippen molar-refractivity contribution in [3.8, 4) is 0 Å². The first kappa shape index (κ1) is 22.7. The van der Waals surface area contributed by atoms with E-state index >= 15 is 0 Å². The topological polar surface area (TPSA) is 96.3 Å². The summed E-state index contributed by atoms with van der Waals surface area (Å²) in [6, 6.07) is 0. The number of esters is 1. The second kappa shape index (κ2) is 7.98. The standard InChI is InChI=1S/C26H35NO6/c1-25-10-9-17-20(16(25)7-8-18(25)28)22(29)23(30)21-15(13-27-11-5-4-6-12-27)24(31)33-19(14-32-3)26(17,21)2/h13,16,18-19,28,30H,4-12,14H2,1-3H3/b15-13+/t16?,18-,19+,25-,26-/m0/s1. The van der Waals surface area contributed by atoms with Crippen LogP contribution >= 0.6 is 0 Å². The van der Waals surface area contributed by atoms with E-state index in [0.717, 1.165) is 44.3 Å². The number of nitrogens with zero attached hydrogens (tertiary/aromatic N) is 1. The average Bonchev–Trinajstić information content (AvgIpc) is 3.10. The van der Waals surface area contributed by atoms with Crippen LogP contribution in [0.15, 0.2) is 34.3 Å². The van der Waals surface area contributed by atoms with E-state index in [2.05, 4.69) is 11.8 Å². The molecule has 33 heavy (non-hydrogen) atoms. The van der Waals surface area contributed by atoms with Crippen LogP contribution in [0.4, 0.5) is 0 Å². The molecule has 2 N–H and O–H groups in total. The number of cyclic esters (lactones) is 1. The lowest BCUT2D eigenvalue weighted by atomic mass is 9.54.